The van der Waals surface area contributed by atoms with Crippen molar-refractivity contribution >= 4 is 11.9 Å². The third-order valence-corrected chi connectivity index (χ3v) is 3.34. The third kappa shape index (κ3) is 8.74. The predicted octanol–water partition coefficient (Wildman–Crippen LogP) is 3.97. The topological polar surface area (TPSA) is 52.6 Å². The first-order valence-electron chi connectivity index (χ1n) is 8.02. The van der Waals surface area contributed by atoms with E-state index >= 15 is 0 Å². The van der Waals surface area contributed by atoms with Gasteiger partial charge in [0.2, 0.25) is 0 Å². The van der Waals surface area contributed by atoms with Crippen LogP contribution in [-0.2, 0) is 19.1 Å². The molecule has 0 bridgehead atoms. The molecule has 0 saturated heterocycles. The van der Waals surface area contributed by atoms with E-state index in [9.17, 15) is 9.59 Å². The van der Waals surface area contributed by atoms with Crippen LogP contribution in [0.3, 0.4) is 0 Å². The van der Waals surface area contributed by atoms with Crippen LogP contribution in [0.4, 0.5) is 0 Å². The third-order valence-electron chi connectivity index (χ3n) is 3.34. The number of rotatable bonds is 10. The van der Waals surface area contributed by atoms with Crippen molar-refractivity contribution in [1.29, 1.82) is 0 Å². The molecule has 0 N–H and O–H groups in total. The summed E-state index contributed by atoms with van der Waals surface area (Å²) in [4.78, 5) is 23.9. The van der Waals surface area contributed by atoms with Crippen molar-refractivity contribution in [3.05, 3.63) is 0 Å². The van der Waals surface area contributed by atoms with Crippen molar-refractivity contribution < 1.29 is 19.1 Å². The van der Waals surface area contributed by atoms with E-state index in [4.69, 9.17) is 9.47 Å². The lowest BCUT2D eigenvalue weighted by molar-refractivity contribution is -0.170. The zero-order valence-electron chi connectivity index (χ0n) is 14.5. The molecule has 0 heterocycles. The predicted molar refractivity (Wildman–Crippen MR) is 83.8 cm³/mol. The van der Waals surface area contributed by atoms with Gasteiger partial charge in [0.15, 0.2) is 5.41 Å². The van der Waals surface area contributed by atoms with E-state index in [2.05, 4.69) is 27.7 Å². The average molecular weight is 300 g/mol. The number of esters is 2. The fourth-order valence-electron chi connectivity index (χ4n) is 1.76. The molecule has 124 valence electrons. The van der Waals surface area contributed by atoms with Crippen molar-refractivity contribution in [3.63, 3.8) is 0 Å². The first-order chi connectivity index (χ1) is 9.67. The first kappa shape index (κ1) is 19.9. The molecule has 0 aromatic heterocycles. The molecule has 0 rings (SSSR count). The highest BCUT2D eigenvalue weighted by Crippen LogP contribution is 2.20. The zero-order valence-corrected chi connectivity index (χ0v) is 14.5. The summed E-state index contributed by atoms with van der Waals surface area (Å²) in [5.74, 6) is 0.172. The van der Waals surface area contributed by atoms with E-state index in [1.165, 1.54) is 0 Å². The highest BCUT2D eigenvalue weighted by atomic mass is 16.6. The Morgan fingerprint density at radius 3 is 1.43 bits per heavy atom. The summed E-state index contributed by atoms with van der Waals surface area (Å²) in [6, 6.07) is 0. The SMILES string of the molecule is CC(C)CCCOC(=O)C(C)(C)C(=O)OCCCC(C)C. The second kappa shape index (κ2) is 9.80. The van der Waals surface area contributed by atoms with Crippen molar-refractivity contribution in [2.75, 3.05) is 13.2 Å². The van der Waals surface area contributed by atoms with Crippen molar-refractivity contribution in [1.82, 2.24) is 0 Å². The van der Waals surface area contributed by atoms with E-state index in [1.807, 2.05) is 0 Å². The van der Waals surface area contributed by atoms with Gasteiger partial charge in [-0.15, -0.1) is 0 Å². The number of ether oxygens (including phenoxy) is 2. The molecule has 4 heteroatoms. The Labute approximate surface area is 129 Å². The van der Waals surface area contributed by atoms with Gasteiger partial charge in [0.1, 0.15) is 0 Å². The largest absolute Gasteiger partial charge is 0.465 e. The molecule has 0 fully saturated rings. The van der Waals surface area contributed by atoms with E-state index < -0.39 is 17.4 Å². The van der Waals surface area contributed by atoms with E-state index in [1.54, 1.807) is 13.8 Å². The van der Waals surface area contributed by atoms with E-state index in [-0.39, 0.29) is 0 Å². The van der Waals surface area contributed by atoms with Crippen LogP contribution in [-0.4, -0.2) is 25.2 Å². The summed E-state index contributed by atoms with van der Waals surface area (Å²) in [6.45, 7) is 12.3. The minimum atomic E-state index is -1.23. The zero-order chi connectivity index (χ0) is 16.5. The first-order valence-corrected chi connectivity index (χ1v) is 8.02. The minimum Gasteiger partial charge on any atom is -0.465 e. The van der Waals surface area contributed by atoms with Gasteiger partial charge < -0.3 is 9.47 Å². The Hall–Kier alpha value is -1.06. The summed E-state index contributed by atoms with van der Waals surface area (Å²) >= 11 is 0. The van der Waals surface area contributed by atoms with Gasteiger partial charge in [-0.1, -0.05) is 27.7 Å². The Kier molecular flexibility index (Phi) is 9.31. The van der Waals surface area contributed by atoms with Crippen molar-refractivity contribution in [2.45, 2.75) is 67.2 Å². The molecule has 0 aromatic rings. The second-order valence-electron chi connectivity index (χ2n) is 6.97. The summed E-state index contributed by atoms with van der Waals surface area (Å²) in [5.41, 5.74) is -1.23. The molecule has 21 heavy (non-hydrogen) atoms. The lowest BCUT2D eigenvalue weighted by Gasteiger charge is -2.21. The summed E-state index contributed by atoms with van der Waals surface area (Å²) < 4.78 is 10.4. The van der Waals surface area contributed by atoms with Crippen LogP contribution < -0.4 is 0 Å². The van der Waals surface area contributed by atoms with E-state index in [0.29, 0.717) is 25.0 Å². The van der Waals surface area contributed by atoms with Crippen LogP contribution in [0.1, 0.15) is 67.2 Å². The Morgan fingerprint density at radius 2 is 1.14 bits per heavy atom. The van der Waals surface area contributed by atoms with Gasteiger partial charge in [-0.05, 0) is 51.4 Å². The molecule has 0 aliphatic carbocycles. The van der Waals surface area contributed by atoms with Crippen LogP contribution in [0.2, 0.25) is 0 Å². The fraction of sp³-hybridized carbons (Fsp3) is 0.882. The fourth-order valence-corrected chi connectivity index (χ4v) is 1.76. The monoisotopic (exact) mass is 300 g/mol. The maximum atomic E-state index is 12.0. The summed E-state index contributed by atoms with van der Waals surface area (Å²) in [5, 5.41) is 0. The van der Waals surface area contributed by atoms with Crippen LogP contribution >= 0.6 is 0 Å². The van der Waals surface area contributed by atoms with Gasteiger partial charge in [-0.2, -0.15) is 0 Å². The molecule has 0 unspecified atom stereocenters. The molecule has 0 spiro atoms. The molecular formula is C17H32O4. The van der Waals surface area contributed by atoms with Gasteiger partial charge in [0.25, 0.3) is 0 Å². The van der Waals surface area contributed by atoms with Gasteiger partial charge in [0.05, 0.1) is 13.2 Å². The van der Waals surface area contributed by atoms with Crippen LogP contribution in [0.25, 0.3) is 0 Å². The van der Waals surface area contributed by atoms with Gasteiger partial charge in [-0.3, -0.25) is 9.59 Å². The molecule has 0 aliphatic rings. The van der Waals surface area contributed by atoms with Crippen LogP contribution in [0.5, 0.6) is 0 Å². The molecule has 4 nitrogen and oxygen atoms in total. The van der Waals surface area contributed by atoms with Crippen LogP contribution in [0, 0.1) is 17.3 Å². The number of carbonyl (C=O) groups excluding carboxylic acids is 2. The maximum Gasteiger partial charge on any atom is 0.322 e. The number of carbonyl (C=O) groups is 2. The standard InChI is InChI=1S/C17H32O4/c1-13(2)9-7-11-20-15(18)17(5,6)16(19)21-12-8-10-14(3)4/h13-14H,7-12H2,1-6H3. The van der Waals surface area contributed by atoms with Gasteiger partial charge in [0, 0.05) is 0 Å². The second-order valence-corrected chi connectivity index (χ2v) is 6.97. The summed E-state index contributed by atoms with van der Waals surface area (Å²) in [6.07, 6.45) is 3.66. The maximum absolute atomic E-state index is 12.0. The van der Waals surface area contributed by atoms with Crippen molar-refractivity contribution in [3.8, 4) is 0 Å². The quantitative estimate of drug-likeness (QED) is 0.348. The number of hydrogen-bond donors (Lipinski definition) is 0. The Balaban J connectivity index is 4.07. The molecule has 0 aliphatic heterocycles. The highest BCUT2D eigenvalue weighted by Gasteiger charge is 2.39. The van der Waals surface area contributed by atoms with Gasteiger partial charge >= 0.3 is 11.9 Å². The lowest BCUT2D eigenvalue weighted by atomic mass is 9.94. The van der Waals surface area contributed by atoms with Crippen molar-refractivity contribution in [2.24, 2.45) is 17.3 Å². The minimum absolute atomic E-state index is 0.362. The number of hydrogen-bond acceptors (Lipinski definition) is 4. The molecule has 0 saturated carbocycles. The van der Waals surface area contributed by atoms with Gasteiger partial charge in [-0.25, -0.2) is 0 Å². The molecule has 0 amide bonds. The smallest absolute Gasteiger partial charge is 0.322 e. The molecule has 0 atom stereocenters. The normalized spacial score (nSPS) is 11.8. The Bertz CT molecular complexity index is 289. The Morgan fingerprint density at radius 1 is 0.810 bits per heavy atom. The molecule has 0 radical (unpaired) electrons. The summed E-state index contributed by atoms with van der Waals surface area (Å²) in [7, 11) is 0. The highest BCUT2D eigenvalue weighted by molar-refractivity contribution is 5.99. The average Bonchev–Trinajstić information content (AvgIpc) is 2.38. The van der Waals surface area contributed by atoms with E-state index in [0.717, 1.165) is 25.7 Å². The lowest BCUT2D eigenvalue weighted by Crippen LogP contribution is -2.37. The molecular weight excluding hydrogens is 268 g/mol. The van der Waals surface area contributed by atoms with Crippen LogP contribution in [0.15, 0.2) is 0 Å². The molecule has 0 aromatic carbocycles.